The smallest absolute Gasteiger partial charge is 0.337 e. The number of hydrogen-bond donors (Lipinski definition) is 2. The fourth-order valence-corrected chi connectivity index (χ4v) is 3.08. The third-order valence-electron chi connectivity index (χ3n) is 4.28. The highest BCUT2D eigenvalue weighted by Gasteiger charge is 2.31. The molecule has 0 saturated heterocycles. The van der Waals surface area contributed by atoms with Crippen molar-refractivity contribution < 1.29 is 9.90 Å². The van der Waals surface area contributed by atoms with Crippen molar-refractivity contribution >= 4 is 23.3 Å². The maximum atomic E-state index is 11.2. The summed E-state index contributed by atoms with van der Waals surface area (Å²) in [6.07, 6.45) is 6.12. The molecular formula is C15H20ClNO2. The monoisotopic (exact) mass is 281 g/mol. The van der Waals surface area contributed by atoms with Gasteiger partial charge < -0.3 is 10.4 Å². The van der Waals surface area contributed by atoms with E-state index >= 15 is 0 Å². The molecule has 0 atom stereocenters. The maximum absolute atomic E-state index is 11.2. The summed E-state index contributed by atoms with van der Waals surface area (Å²) in [4.78, 5) is 11.2. The summed E-state index contributed by atoms with van der Waals surface area (Å²) in [5.74, 6) is -0.920. The number of benzene rings is 1. The van der Waals surface area contributed by atoms with Crippen LogP contribution >= 0.6 is 11.6 Å². The molecule has 19 heavy (non-hydrogen) atoms. The Balaban J connectivity index is 2.14. The van der Waals surface area contributed by atoms with Crippen molar-refractivity contribution in [3.63, 3.8) is 0 Å². The van der Waals surface area contributed by atoms with Crippen LogP contribution in [0.25, 0.3) is 0 Å². The Hall–Kier alpha value is -1.22. The highest BCUT2D eigenvalue weighted by atomic mass is 35.5. The number of carboxylic acid groups (broad SMARTS) is 1. The van der Waals surface area contributed by atoms with Crippen molar-refractivity contribution in [3.05, 3.63) is 28.8 Å². The summed E-state index contributed by atoms with van der Waals surface area (Å²) in [7, 11) is 0. The van der Waals surface area contributed by atoms with E-state index in [1.165, 1.54) is 25.7 Å². The molecule has 2 rings (SSSR count). The normalized spacial score (nSPS) is 17.4. The zero-order chi connectivity index (χ0) is 13.9. The molecule has 0 amide bonds. The summed E-state index contributed by atoms with van der Waals surface area (Å²) < 4.78 is 0. The maximum Gasteiger partial charge on any atom is 0.337 e. The topological polar surface area (TPSA) is 49.3 Å². The molecule has 104 valence electrons. The number of halogens is 1. The van der Waals surface area contributed by atoms with Crippen LogP contribution in [0, 0.1) is 5.41 Å². The van der Waals surface area contributed by atoms with Crippen LogP contribution < -0.4 is 5.32 Å². The van der Waals surface area contributed by atoms with E-state index in [0.29, 0.717) is 16.1 Å². The summed E-state index contributed by atoms with van der Waals surface area (Å²) in [6.45, 7) is 3.03. The summed E-state index contributed by atoms with van der Waals surface area (Å²) in [5, 5.41) is 13.1. The Bertz CT molecular complexity index is 467. The lowest BCUT2D eigenvalue weighted by molar-refractivity contribution is 0.0698. The lowest BCUT2D eigenvalue weighted by atomic mass is 9.83. The predicted molar refractivity (Wildman–Crippen MR) is 78.1 cm³/mol. The molecule has 3 nitrogen and oxygen atoms in total. The zero-order valence-electron chi connectivity index (χ0n) is 11.2. The minimum absolute atomic E-state index is 0.286. The van der Waals surface area contributed by atoms with E-state index in [2.05, 4.69) is 12.2 Å². The Kier molecular flexibility index (Phi) is 4.35. The molecule has 0 heterocycles. The first-order valence-electron chi connectivity index (χ1n) is 6.83. The van der Waals surface area contributed by atoms with Crippen molar-refractivity contribution in [2.75, 3.05) is 11.9 Å². The molecule has 1 aliphatic carbocycles. The lowest BCUT2D eigenvalue weighted by Gasteiger charge is -2.28. The van der Waals surface area contributed by atoms with Crippen LogP contribution in [0.15, 0.2) is 18.2 Å². The Morgan fingerprint density at radius 2 is 2.11 bits per heavy atom. The van der Waals surface area contributed by atoms with Crippen LogP contribution in [0.1, 0.15) is 49.4 Å². The van der Waals surface area contributed by atoms with Gasteiger partial charge in [-0.2, -0.15) is 0 Å². The molecule has 1 fully saturated rings. The number of rotatable bonds is 5. The third-order valence-corrected chi connectivity index (χ3v) is 4.52. The van der Waals surface area contributed by atoms with Crippen molar-refractivity contribution in [2.45, 2.75) is 39.0 Å². The molecule has 4 heteroatoms. The minimum atomic E-state index is -0.920. The summed E-state index contributed by atoms with van der Waals surface area (Å²) in [6, 6.07) is 4.87. The van der Waals surface area contributed by atoms with Crippen LogP contribution in [-0.2, 0) is 0 Å². The molecule has 0 radical (unpaired) electrons. The van der Waals surface area contributed by atoms with E-state index in [1.54, 1.807) is 18.2 Å². The van der Waals surface area contributed by atoms with Gasteiger partial charge in [0.15, 0.2) is 0 Å². The molecule has 0 spiro atoms. The molecule has 0 aliphatic heterocycles. The molecule has 1 aromatic carbocycles. The summed E-state index contributed by atoms with van der Waals surface area (Å²) in [5.41, 5.74) is 1.23. The number of aromatic carboxylic acids is 1. The second-order valence-electron chi connectivity index (χ2n) is 5.41. The van der Waals surface area contributed by atoms with Crippen molar-refractivity contribution in [1.29, 1.82) is 0 Å². The van der Waals surface area contributed by atoms with Gasteiger partial charge in [0.1, 0.15) is 0 Å². The lowest BCUT2D eigenvalue weighted by Crippen LogP contribution is -2.26. The van der Waals surface area contributed by atoms with Gasteiger partial charge in [0.05, 0.1) is 11.3 Å². The van der Waals surface area contributed by atoms with Gasteiger partial charge in [-0.3, -0.25) is 0 Å². The van der Waals surface area contributed by atoms with Gasteiger partial charge in [-0.05, 0) is 42.9 Å². The Morgan fingerprint density at radius 1 is 1.42 bits per heavy atom. The average molecular weight is 282 g/mol. The van der Waals surface area contributed by atoms with Crippen molar-refractivity contribution in [2.24, 2.45) is 5.41 Å². The molecule has 0 aromatic heterocycles. The quantitative estimate of drug-likeness (QED) is 0.840. The van der Waals surface area contributed by atoms with Crippen LogP contribution in [0.2, 0.25) is 5.02 Å². The Morgan fingerprint density at radius 3 is 2.68 bits per heavy atom. The van der Waals surface area contributed by atoms with E-state index in [4.69, 9.17) is 11.6 Å². The standard InChI is InChI=1S/C15H20ClNO2/c1-2-15(7-3-4-8-15)10-17-13-9-11(16)5-6-12(13)14(18)19/h5-6,9,17H,2-4,7-8,10H2,1H3,(H,18,19). The highest BCUT2D eigenvalue weighted by molar-refractivity contribution is 6.31. The second-order valence-corrected chi connectivity index (χ2v) is 5.85. The zero-order valence-corrected chi connectivity index (χ0v) is 12.0. The van der Waals surface area contributed by atoms with Crippen LogP contribution in [0.4, 0.5) is 5.69 Å². The van der Waals surface area contributed by atoms with E-state index in [1.807, 2.05) is 0 Å². The highest BCUT2D eigenvalue weighted by Crippen LogP contribution is 2.41. The first-order chi connectivity index (χ1) is 9.06. The Labute approximate surface area is 119 Å². The summed E-state index contributed by atoms with van der Waals surface area (Å²) >= 11 is 5.95. The number of anilines is 1. The van der Waals surface area contributed by atoms with Gasteiger partial charge in [-0.25, -0.2) is 4.79 Å². The molecule has 1 aliphatic rings. The van der Waals surface area contributed by atoms with E-state index in [0.717, 1.165) is 13.0 Å². The third kappa shape index (κ3) is 3.21. The van der Waals surface area contributed by atoms with E-state index in [9.17, 15) is 9.90 Å². The number of hydrogen-bond acceptors (Lipinski definition) is 2. The number of nitrogens with one attached hydrogen (secondary N) is 1. The molecule has 0 bridgehead atoms. The van der Waals surface area contributed by atoms with Gasteiger partial charge in [-0.15, -0.1) is 0 Å². The van der Waals surface area contributed by atoms with Gasteiger partial charge in [0.2, 0.25) is 0 Å². The first-order valence-corrected chi connectivity index (χ1v) is 7.21. The molecular weight excluding hydrogens is 262 g/mol. The predicted octanol–water partition coefficient (Wildman–Crippen LogP) is 4.42. The van der Waals surface area contributed by atoms with E-state index < -0.39 is 5.97 Å². The van der Waals surface area contributed by atoms with Crippen LogP contribution in [0.3, 0.4) is 0 Å². The fraction of sp³-hybridized carbons (Fsp3) is 0.533. The van der Waals surface area contributed by atoms with Gasteiger partial charge in [-0.1, -0.05) is 31.4 Å². The molecule has 1 saturated carbocycles. The van der Waals surface area contributed by atoms with Gasteiger partial charge >= 0.3 is 5.97 Å². The number of carboxylic acids is 1. The minimum Gasteiger partial charge on any atom is -0.478 e. The SMILES string of the molecule is CCC1(CNc2cc(Cl)ccc2C(=O)O)CCCC1. The van der Waals surface area contributed by atoms with E-state index in [-0.39, 0.29) is 5.56 Å². The fourth-order valence-electron chi connectivity index (χ4n) is 2.91. The second kappa shape index (κ2) is 5.83. The van der Waals surface area contributed by atoms with Crippen molar-refractivity contribution in [1.82, 2.24) is 0 Å². The van der Waals surface area contributed by atoms with Crippen molar-refractivity contribution in [3.8, 4) is 0 Å². The molecule has 2 N–H and O–H groups in total. The molecule has 0 unspecified atom stereocenters. The van der Waals surface area contributed by atoms with Gasteiger partial charge in [0, 0.05) is 11.6 Å². The first kappa shape index (κ1) is 14.2. The van der Waals surface area contributed by atoms with Crippen LogP contribution in [-0.4, -0.2) is 17.6 Å². The largest absolute Gasteiger partial charge is 0.478 e. The van der Waals surface area contributed by atoms with Crippen LogP contribution in [0.5, 0.6) is 0 Å². The number of carbonyl (C=O) groups is 1. The molecule has 1 aromatic rings. The average Bonchev–Trinajstić information content (AvgIpc) is 2.85. The van der Waals surface area contributed by atoms with Gasteiger partial charge in [0.25, 0.3) is 0 Å².